The molecule has 0 aliphatic rings. The van der Waals surface area contributed by atoms with E-state index in [1.807, 2.05) is 0 Å². The van der Waals surface area contributed by atoms with E-state index in [4.69, 9.17) is 11.1 Å². The molecule has 0 saturated carbocycles. The van der Waals surface area contributed by atoms with Gasteiger partial charge in [0, 0.05) is 28.7 Å². The molecular formula is C19H19N7O2. The maximum atomic E-state index is 10.6. The Labute approximate surface area is 161 Å². The van der Waals surface area contributed by atoms with Crippen LogP contribution in [-0.2, 0) is 5.60 Å². The maximum Gasteiger partial charge on any atom is 0.221 e. The Morgan fingerprint density at radius 1 is 1.32 bits per heavy atom. The van der Waals surface area contributed by atoms with Crippen molar-refractivity contribution in [3.8, 4) is 11.8 Å². The van der Waals surface area contributed by atoms with Crippen molar-refractivity contribution < 1.29 is 9.74 Å². The van der Waals surface area contributed by atoms with E-state index in [1.54, 1.807) is 38.1 Å². The Bertz CT molecular complexity index is 1090. The summed E-state index contributed by atoms with van der Waals surface area (Å²) in [6.07, 6.45) is 1.54. The van der Waals surface area contributed by atoms with Gasteiger partial charge in [-0.05, 0) is 45.0 Å². The summed E-state index contributed by atoms with van der Waals surface area (Å²) in [6.45, 7) is 4.88. The fourth-order valence-corrected chi connectivity index (χ4v) is 2.56. The van der Waals surface area contributed by atoms with E-state index in [-0.39, 0.29) is 11.6 Å². The third-order valence-corrected chi connectivity index (χ3v) is 3.92. The molecule has 0 amide bonds. The van der Waals surface area contributed by atoms with Gasteiger partial charge in [-0.1, -0.05) is 22.2 Å². The Balaban J connectivity index is 1.96. The highest BCUT2D eigenvalue weighted by Gasteiger charge is 2.27. The Morgan fingerprint density at radius 2 is 2.11 bits per heavy atom. The van der Waals surface area contributed by atoms with Crippen molar-refractivity contribution in [1.29, 1.82) is 5.41 Å². The van der Waals surface area contributed by atoms with E-state index in [9.17, 15) is 5.11 Å². The number of aliphatic hydroxyl groups is 1. The van der Waals surface area contributed by atoms with Gasteiger partial charge in [0.2, 0.25) is 5.95 Å². The van der Waals surface area contributed by atoms with Crippen LogP contribution in [-0.4, -0.2) is 31.1 Å². The summed E-state index contributed by atoms with van der Waals surface area (Å²) in [4.78, 5) is 7.97. The van der Waals surface area contributed by atoms with Gasteiger partial charge < -0.3 is 21.6 Å². The molecule has 0 saturated heterocycles. The van der Waals surface area contributed by atoms with Crippen LogP contribution < -0.4 is 11.1 Å². The molecule has 0 fully saturated rings. The van der Waals surface area contributed by atoms with Crippen molar-refractivity contribution in [1.82, 2.24) is 20.3 Å². The first-order valence-corrected chi connectivity index (χ1v) is 8.36. The maximum absolute atomic E-state index is 10.6. The van der Waals surface area contributed by atoms with Crippen LogP contribution in [0.2, 0.25) is 0 Å². The first-order valence-electron chi connectivity index (χ1n) is 8.36. The van der Waals surface area contributed by atoms with Crippen molar-refractivity contribution in [3.63, 3.8) is 0 Å². The average molecular weight is 377 g/mol. The second-order valence-corrected chi connectivity index (χ2v) is 6.33. The quantitative estimate of drug-likeness (QED) is 0.399. The van der Waals surface area contributed by atoms with Crippen LogP contribution in [0.4, 0.5) is 17.5 Å². The van der Waals surface area contributed by atoms with Crippen LogP contribution in [0.25, 0.3) is 0 Å². The van der Waals surface area contributed by atoms with Gasteiger partial charge in [-0.25, -0.2) is 9.61 Å². The Kier molecular flexibility index (Phi) is 5.06. The number of aryl methyl sites for hydroxylation is 1. The fraction of sp³-hybridized carbons (Fsp3) is 0.211. The average Bonchev–Trinajstić information content (AvgIpc) is 3.07. The van der Waals surface area contributed by atoms with Crippen molar-refractivity contribution in [3.05, 3.63) is 53.0 Å². The van der Waals surface area contributed by atoms with Crippen molar-refractivity contribution in [2.24, 2.45) is 0 Å². The zero-order valence-corrected chi connectivity index (χ0v) is 15.6. The van der Waals surface area contributed by atoms with Gasteiger partial charge in [-0.3, -0.25) is 0 Å². The lowest BCUT2D eigenvalue weighted by Gasteiger charge is -2.13. The van der Waals surface area contributed by atoms with E-state index < -0.39 is 5.60 Å². The number of hydrogen-bond acceptors (Lipinski definition) is 9. The molecule has 3 aromatic rings. The van der Waals surface area contributed by atoms with Gasteiger partial charge in [0.15, 0.2) is 11.3 Å². The molecule has 0 bridgehead atoms. The lowest BCUT2D eigenvalue weighted by atomic mass is 10.00. The molecule has 1 unspecified atom stereocenters. The summed E-state index contributed by atoms with van der Waals surface area (Å²) in [7, 11) is 0. The molecule has 0 aliphatic carbocycles. The number of nitrogens with two attached hydrogens (primary N) is 1. The first kappa shape index (κ1) is 19.0. The minimum Gasteiger partial charge on any atom is -0.372 e. The molecule has 9 heteroatoms. The SMILES string of the molecule is CC(=N)c1ccc(C#CC(C)(O)c2nonc2C)cc1Nc1ccnc(N)n1. The molecule has 1 aromatic carbocycles. The second kappa shape index (κ2) is 7.46. The van der Waals surface area contributed by atoms with E-state index in [2.05, 4.69) is 42.1 Å². The van der Waals surface area contributed by atoms with E-state index >= 15 is 0 Å². The monoisotopic (exact) mass is 377 g/mol. The predicted octanol–water partition coefficient (Wildman–Crippen LogP) is 2.14. The van der Waals surface area contributed by atoms with E-state index in [0.717, 1.165) is 0 Å². The number of hydrogen-bond donors (Lipinski definition) is 4. The van der Waals surface area contributed by atoms with Crippen molar-refractivity contribution in [2.45, 2.75) is 26.4 Å². The minimum atomic E-state index is -1.52. The Hall–Kier alpha value is -3.77. The Morgan fingerprint density at radius 3 is 2.75 bits per heavy atom. The topological polar surface area (TPSA) is 147 Å². The summed E-state index contributed by atoms with van der Waals surface area (Å²) < 4.78 is 4.64. The van der Waals surface area contributed by atoms with Gasteiger partial charge in [0.25, 0.3) is 0 Å². The molecular weight excluding hydrogens is 358 g/mol. The second-order valence-electron chi connectivity index (χ2n) is 6.33. The van der Waals surface area contributed by atoms with Crippen LogP contribution in [0.5, 0.6) is 0 Å². The van der Waals surface area contributed by atoms with Crippen LogP contribution in [0, 0.1) is 24.2 Å². The lowest BCUT2D eigenvalue weighted by Crippen LogP contribution is -2.20. The number of benzene rings is 1. The molecule has 142 valence electrons. The fourth-order valence-electron chi connectivity index (χ4n) is 2.56. The molecule has 2 heterocycles. The van der Waals surface area contributed by atoms with Crippen molar-refractivity contribution in [2.75, 3.05) is 11.1 Å². The van der Waals surface area contributed by atoms with Gasteiger partial charge >= 0.3 is 0 Å². The molecule has 9 nitrogen and oxygen atoms in total. The van der Waals surface area contributed by atoms with Gasteiger partial charge in [0.05, 0.1) is 0 Å². The molecule has 0 spiro atoms. The number of nitrogen functional groups attached to an aromatic ring is 1. The third kappa shape index (κ3) is 4.13. The number of nitrogens with one attached hydrogen (secondary N) is 2. The van der Waals surface area contributed by atoms with Crippen LogP contribution >= 0.6 is 0 Å². The zero-order chi connectivity index (χ0) is 20.3. The molecule has 2 aromatic heterocycles. The summed E-state index contributed by atoms with van der Waals surface area (Å²) in [5.41, 5.74) is 7.16. The zero-order valence-electron chi connectivity index (χ0n) is 15.6. The summed E-state index contributed by atoms with van der Waals surface area (Å²) >= 11 is 0. The summed E-state index contributed by atoms with van der Waals surface area (Å²) in [5.74, 6) is 6.35. The van der Waals surface area contributed by atoms with Gasteiger partial charge in [0.1, 0.15) is 11.5 Å². The van der Waals surface area contributed by atoms with Crippen molar-refractivity contribution >= 4 is 23.2 Å². The van der Waals surface area contributed by atoms with Crippen LogP contribution in [0.3, 0.4) is 0 Å². The molecule has 5 N–H and O–H groups in total. The number of nitrogens with zero attached hydrogens (tertiary/aromatic N) is 4. The largest absolute Gasteiger partial charge is 0.372 e. The standard InChI is InChI=1S/C19H19N7O2/c1-11(20)14-5-4-13(6-8-19(3,27)17-12(2)25-28-26-17)10-15(14)23-16-7-9-22-18(21)24-16/h4-5,7,9-10,20,27H,1-3H3,(H3,21,22,23,24). The number of anilines is 3. The lowest BCUT2D eigenvalue weighted by molar-refractivity contribution is 0.111. The van der Waals surface area contributed by atoms with Gasteiger partial charge in [-0.2, -0.15) is 4.98 Å². The minimum absolute atomic E-state index is 0.140. The molecule has 3 rings (SSSR count). The van der Waals surface area contributed by atoms with E-state index in [0.29, 0.717) is 34.0 Å². The predicted molar refractivity (Wildman–Crippen MR) is 104 cm³/mol. The smallest absolute Gasteiger partial charge is 0.221 e. The molecule has 0 radical (unpaired) electrons. The highest BCUT2D eigenvalue weighted by Crippen LogP contribution is 2.23. The third-order valence-electron chi connectivity index (χ3n) is 3.92. The van der Waals surface area contributed by atoms with Crippen LogP contribution in [0.1, 0.15) is 36.4 Å². The highest BCUT2D eigenvalue weighted by molar-refractivity contribution is 6.02. The summed E-state index contributed by atoms with van der Waals surface area (Å²) in [5, 5.41) is 29.1. The number of aromatic nitrogens is 4. The van der Waals surface area contributed by atoms with E-state index in [1.165, 1.54) is 13.1 Å². The highest BCUT2D eigenvalue weighted by atomic mass is 16.6. The molecule has 28 heavy (non-hydrogen) atoms. The van der Waals surface area contributed by atoms with Gasteiger partial charge in [-0.15, -0.1) is 0 Å². The molecule has 0 aliphatic heterocycles. The summed E-state index contributed by atoms with van der Waals surface area (Å²) in [6, 6.07) is 6.98. The number of rotatable bonds is 4. The normalized spacial score (nSPS) is 12.6. The van der Waals surface area contributed by atoms with Crippen LogP contribution in [0.15, 0.2) is 35.1 Å². The first-order chi connectivity index (χ1) is 13.3. The molecule has 1 atom stereocenters.